The molecule has 0 radical (unpaired) electrons. The van der Waals surface area contributed by atoms with Gasteiger partial charge in [0.1, 0.15) is 0 Å². The number of ketones is 1. The molecule has 0 bridgehead atoms. The van der Waals surface area contributed by atoms with Crippen LogP contribution in [0.3, 0.4) is 0 Å². The van der Waals surface area contributed by atoms with Crippen LogP contribution in [0, 0.1) is 5.92 Å². The molecule has 27 heavy (non-hydrogen) atoms. The Kier molecular flexibility index (Phi) is 7.61. The highest BCUT2D eigenvalue weighted by atomic mass is 32.2. The number of hydrogen-bond acceptors (Lipinski definition) is 4. The maximum atomic E-state index is 12.3. The number of anilines is 2. The lowest BCUT2D eigenvalue weighted by Crippen LogP contribution is -2.14. The largest absolute Gasteiger partial charge is 0.326 e. The molecule has 142 valence electrons. The van der Waals surface area contributed by atoms with E-state index in [4.69, 9.17) is 0 Å². The van der Waals surface area contributed by atoms with Crippen LogP contribution in [0.25, 0.3) is 0 Å². The molecule has 2 amide bonds. The van der Waals surface area contributed by atoms with E-state index in [1.807, 2.05) is 38.1 Å². The molecule has 0 aliphatic carbocycles. The molecule has 2 aromatic rings. The van der Waals surface area contributed by atoms with E-state index in [1.165, 1.54) is 18.7 Å². The first-order valence-corrected chi connectivity index (χ1v) is 9.75. The van der Waals surface area contributed by atoms with E-state index in [0.29, 0.717) is 29.3 Å². The number of nitrogens with one attached hydrogen (secondary N) is 2. The molecule has 2 aromatic carbocycles. The lowest BCUT2D eigenvalue weighted by molar-refractivity contribution is -0.117. The molecule has 0 unspecified atom stereocenters. The first kappa shape index (κ1) is 20.7. The third-order valence-electron chi connectivity index (χ3n) is 3.63. The van der Waals surface area contributed by atoms with E-state index in [2.05, 4.69) is 10.6 Å². The number of carbonyl (C=O) groups is 3. The summed E-state index contributed by atoms with van der Waals surface area (Å²) in [6.07, 6.45) is 0.470. The Bertz CT molecular complexity index is 799. The predicted molar refractivity (Wildman–Crippen MR) is 110 cm³/mol. The van der Waals surface area contributed by atoms with Crippen LogP contribution >= 0.6 is 11.8 Å². The van der Waals surface area contributed by atoms with Gasteiger partial charge in [-0.1, -0.05) is 13.8 Å². The van der Waals surface area contributed by atoms with Crippen molar-refractivity contribution in [2.75, 3.05) is 16.4 Å². The second-order valence-corrected chi connectivity index (χ2v) is 7.69. The minimum Gasteiger partial charge on any atom is -0.326 e. The van der Waals surface area contributed by atoms with Gasteiger partial charge in [0.25, 0.3) is 0 Å². The van der Waals surface area contributed by atoms with Gasteiger partial charge in [0.15, 0.2) is 5.78 Å². The van der Waals surface area contributed by atoms with Gasteiger partial charge in [-0.25, -0.2) is 0 Å². The van der Waals surface area contributed by atoms with Gasteiger partial charge in [-0.15, -0.1) is 11.8 Å². The SMILES string of the molecule is CC(=O)Nc1ccc(SCC(=O)c2ccc(NC(=O)CC(C)C)cc2)cc1. The Morgan fingerprint density at radius 1 is 0.889 bits per heavy atom. The summed E-state index contributed by atoms with van der Waals surface area (Å²) in [7, 11) is 0. The molecule has 0 spiro atoms. The molecule has 6 heteroatoms. The van der Waals surface area contributed by atoms with Crippen LogP contribution in [0.1, 0.15) is 37.6 Å². The fraction of sp³-hybridized carbons (Fsp3) is 0.286. The van der Waals surface area contributed by atoms with Crippen molar-refractivity contribution in [3.63, 3.8) is 0 Å². The maximum absolute atomic E-state index is 12.3. The summed E-state index contributed by atoms with van der Waals surface area (Å²) in [5.41, 5.74) is 2.03. The van der Waals surface area contributed by atoms with Crippen LogP contribution in [-0.4, -0.2) is 23.4 Å². The summed E-state index contributed by atoms with van der Waals surface area (Å²) >= 11 is 1.44. The normalized spacial score (nSPS) is 10.5. The minimum absolute atomic E-state index is 0.0194. The number of Topliss-reactive ketones (excluding diaryl/α,β-unsaturated/α-hetero) is 1. The second kappa shape index (κ2) is 9.92. The molecule has 0 fully saturated rings. The van der Waals surface area contributed by atoms with Crippen LogP contribution in [0.4, 0.5) is 11.4 Å². The number of carbonyl (C=O) groups excluding carboxylic acids is 3. The Labute approximate surface area is 163 Å². The predicted octanol–water partition coefficient (Wildman–Crippen LogP) is 4.60. The Hall–Kier alpha value is -2.60. The third-order valence-corrected chi connectivity index (χ3v) is 4.64. The number of rotatable bonds is 8. The first-order chi connectivity index (χ1) is 12.8. The molecule has 5 nitrogen and oxygen atoms in total. The molecule has 0 aliphatic rings. The molecule has 0 heterocycles. The fourth-order valence-electron chi connectivity index (χ4n) is 2.39. The third kappa shape index (κ3) is 7.27. The smallest absolute Gasteiger partial charge is 0.224 e. The van der Waals surface area contributed by atoms with E-state index in [0.717, 1.165) is 10.6 Å². The topological polar surface area (TPSA) is 75.3 Å². The zero-order valence-electron chi connectivity index (χ0n) is 15.7. The monoisotopic (exact) mass is 384 g/mol. The molecule has 0 saturated carbocycles. The highest BCUT2D eigenvalue weighted by Gasteiger charge is 2.09. The van der Waals surface area contributed by atoms with Crippen molar-refractivity contribution in [3.05, 3.63) is 54.1 Å². The summed E-state index contributed by atoms with van der Waals surface area (Å²) in [5.74, 6) is 0.497. The number of hydrogen-bond donors (Lipinski definition) is 2. The van der Waals surface area contributed by atoms with Gasteiger partial charge in [-0.2, -0.15) is 0 Å². The van der Waals surface area contributed by atoms with Crippen LogP contribution < -0.4 is 10.6 Å². The van der Waals surface area contributed by atoms with Gasteiger partial charge >= 0.3 is 0 Å². The molecule has 0 aromatic heterocycles. The number of thioether (sulfide) groups is 1. The van der Waals surface area contributed by atoms with E-state index in [1.54, 1.807) is 24.3 Å². The summed E-state index contributed by atoms with van der Waals surface area (Å²) in [5, 5.41) is 5.54. The summed E-state index contributed by atoms with van der Waals surface area (Å²) < 4.78 is 0. The Morgan fingerprint density at radius 3 is 2.00 bits per heavy atom. The standard InChI is InChI=1S/C21H24N2O3S/c1-14(2)12-21(26)23-18-6-4-16(5-7-18)20(25)13-27-19-10-8-17(9-11-19)22-15(3)24/h4-11,14H,12-13H2,1-3H3,(H,22,24)(H,23,26). The Morgan fingerprint density at radius 2 is 1.44 bits per heavy atom. The summed E-state index contributed by atoms with van der Waals surface area (Å²) in [4.78, 5) is 36.1. The first-order valence-electron chi connectivity index (χ1n) is 8.77. The average Bonchev–Trinajstić information content (AvgIpc) is 2.60. The van der Waals surface area contributed by atoms with Crippen molar-refractivity contribution < 1.29 is 14.4 Å². The molecule has 0 atom stereocenters. The molecular weight excluding hydrogens is 360 g/mol. The van der Waals surface area contributed by atoms with E-state index < -0.39 is 0 Å². The van der Waals surface area contributed by atoms with Crippen molar-refractivity contribution in [2.24, 2.45) is 5.92 Å². The lowest BCUT2D eigenvalue weighted by atomic mass is 10.1. The minimum atomic E-state index is -0.116. The average molecular weight is 385 g/mol. The van der Waals surface area contributed by atoms with Gasteiger partial charge in [-0.3, -0.25) is 14.4 Å². The quantitative estimate of drug-likeness (QED) is 0.515. The lowest BCUT2D eigenvalue weighted by Gasteiger charge is -2.08. The van der Waals surface area contributed by atoms with Crippen molar-refractivity contribution in [1.82, 2.24) is 0 Å². The molecular formula is C21H24N2O3S. The van der Waals surface area contributed by atoms with Crippen LogP contribution in [0.5, 0.6) is 0 Å². The van der Waals surface area contributed by atoms with Gasteiger partial charge in [0.05, 0.1) is 5.75 Å². The number of amides is 2. The van der Waals surface area contributed by atoms with Crippen LogP contribution in [-0.2, 0) is 9.59 Å². The van der Waals surface area contributed by atoms with Crippen molar-refractivity contribution in [2.45, 2.75) is 32.1 Å². The highest BCUT2D eigenvalue weighted by Crippen LogP contribution is 2.22. The van der Waals surface area contributed by atoms with Crippen LogP contribution in [0.15, 0.2) is 53.4 Å². The van der Waals surface area contributed by atoms with Crippen molar-refractivity contribution in [3.8, 4) is 0 Å². The fourth-order valence-corrected chi connectivity index (χ4v) is 3.19. The molecule has 0 aliphatic heterocycles. The zero-order valence-corrected chi connectivity index (χ0v) is 16.6. The zero-order chi connectivity index (χ0) is 19.8. The molecule has 0 saturated heterocycles. The summed E-state index contributed by atoms with van der Waals surface area (Å²) in [6, 6.07) is 14.3. The number of benzene rings is 2. The van der Waals surface area contributed by atoms with Gasteiger partial charge in [0, 0.05) is 35.2 Å². The van der Waals surface area contributed by atoms with Crippen molar-refractivity contribution in [1.29, 1.82) is 0 Å². The maximum Gasteiger partial charge on any atom is 0.224 e. The highest BCUT2D eigenvalue weighted by molar-refractivity contribution is 8.00. The van der Waals surface area contributed by atoms with Crippen molar-refractivity contribution >= 4 is 40.7 Å². The van der Waals surface area contributed by atoms with Gasteiger partial charge in [-0.05, 0) is 54.4 Å². The van der Waals surface area contributed by atoms with E-state index >= 15 is 0 Å². The molecule has 2 rings (SSSR count). The Balaban J connectivity index is 1.86. The molecule has 2 N–H and O–H groups in total. The van der Waals surface area contributed by atoms with Gasteiger partial charge < -0.3 is 10.6 Å². The van der Waals surface area contributed by atoms with E-state index in [9.17, 15) is 14.4 Å². The summed E-state index contributed by atoms with van der Waals surface area (Å²) in [6.45, 7) is 5.45. The van der Waals surface area contributed by atoms with Crippen LogP contribution in [0.2, 0.25) is 0 Å². The van der Waals surface area contributed by atoms with Gasteiger partial charge in [0.2, 0.25) is 11.8 Å². The van der Waals surface area contributed by atoms with E-state index in [-0.39, 0.29) is 17.6 Å². The second-order valence-electron chi connectivity index (χ2n) is 6.64.